The van der Waals surface area contributed by atoms with Gasteiger partial charge in [-0.25, -0.2) is 15.0 Å². The molecule has 2 amide bonds. The van der Waals surface area contributed by atoms with Crippen LogP contribution < -0.4 is 30.2 Å². The Morgan fingerprint density at radius 2 is 1.59 bits per heavy atom. The van der Waals surface area contributed by atoms with Gasteiger partial charge in [0.05, 0.1) is 27.7 Å². The van der Waals surface area contributed by atoms with Gasteiger partial charge < -0.3 is 45.1 Å². The number of aromatic nitrogens is 4. The van der Waals surface area contributed by atoms with Crippen LogP contribution in [0.3, 0.4) is 0 Å². The number of likely N-dealkylation sites (N-methyl/N-ethyl adjacent to an activating group) is 1. The number of methoxy groups -OCH3 is 3. The van der Waals surface area contributed by atoms with Crippen LogP contribution in [0.15, 0.2) is 49.1 Å². The number of fused-ring (bicyclic) bond motifs is 1. The number of anilines is 1. The average molecular weight is 608 g/mol. The van der Waals surface area contributed by atoms with Gasteiger partial charge in [-0.3, -0.25) is 14.2 Å². The van der Waals surface area contributed by atoms with Gasteiger partial charge in [0.1, 0.15) is 18.5 Å². The molecule has 0 bridgehead atoms. The molecule has 15 heteroatoms. The highest BCUT2D eigenvalue weighted by atomic mass is 16.6. The van der Waals surface area contributed by atoms with Gasteiger partial charge in [-0.15, -0.1) is 0 Å². The molecule has 232 valence electrons. The zero-order chi connectivity index (χ0) is 31.4. The number of imidazole rings is 1. The molecule has 0 radical (unpaired) electrons. The zero-order valence-corrected chi connectivity index (χ0v) is 24.5. The number of aliphatic hydroxyl groups excluding tert-OH is 2. The fourth-order valence-electron chi connectivity index (χ4n) is 4.87. The smallest absolute Gasteiger partial charge is 0.251 e. The minimum Gasteiger partial charge on any atom is -0.493 e. The molecule has 5 N–H and O–H groups in total. The quantitative estimate of drug-likeness (QED) is 0.161. The number of benzene rings is 2. The standard InChI is InChI=1S/C29H33N7O8/c1-30-28(40)24-21(37)22(38)29(44-24)36-14-35-20-25(33-13-34-26(20)36)31-11-15-5-7-16(8-6-15)12-32-27(39)17-9-18(41-2)23(43-4)19(10-17)42-3/h5-10,13-14,21-22,24,29,37-38H,11-12H2,1-4H3,(H,30,40)(H,32,39)(H,31,33,34)/t21?,22-,24-,29+/m0/s1. The summed E-state index contributed by atoms with van der Waals surface area (Å²) in [4.78, 5) is 37.8. The minimum atomic E-state index is -1.41. The lowest BCUT2D eigenvalue weighted by molar-refractivity contribution is -0.137. The van der Waals surface area contributed by atoms with Crippen molar-refractivity contribution in [1.29, 1.82) is 0 Å². The number of hydrogen-bond donors (Lipinski definition) is 5. The summed E-state index contributed by atoms with van der Waals surface area (Å²) in [6.07, 6.45) is -2.33. The lowest BCUT2D eigenvalue weighted by Gasteiger charge is -2.16. The molecule has 0 spiro atoms. The SMILES string of the molecule is CNC(=O)[C@H]1O[C@@H](n2cnc3c(NCc4ccc(CNC(=O)c5cc(OC)c(OC)c(OC)c5)cc4)ncnc32)[C@@H](O)C1O. The van der Waals surface area contributed by atoms with Crippen LogP contribution >= 0.6 is 0 Å². The molecule has 1 unspecified atom stereocenters. The summed E-state index contributed by atoms with van der Waals surface area (Å²) in [6.45, 7) is 0.717. The summed E-state index contributed by atoms with van der Waals surface area (Å²) in [5, 5.41) is 29.4. The van der Waals surface area contributed by atoms with E-state index in [0.717, 1.165) is 11.1 Å². The van der Waals surface area contributed by atoms with Crippen molar-refractivity contribution in [1.82, 2.24) is 30.2 Å². The third-order valence-corrected chi connectivity index (χ3v) is 7.24. The summed E-state index contributed by atoms with van der Waals surface area (Å²) >= 11 is 0. The molecular formula is C29H33N7O8. The van der Waals surface area contributed by atoms with Crippen molar-refractivity contribution >= 4 is 28.8 Å². The predicted molar refractivity (Wildman–Crippen MR) is 156 cm³/mol. The molecule has 0 aliphatic carbocycles. The number of carbonyl (C=O) groups excluding carboxylic acids is 2. The highest BCUT2D eigenvalue weighted by Crippen LogP contribution is 2.38. The third kappa shape index (κ3) is 5.92. The molecule has 1 aliphatic rings. The maximum absolute atomic E-state index is 12.8. The monoisotopic (exact) mass is 607 g/mol. The fraction of sp³-hybridized carbons (Fsp3) is 0.345. The van der Waals surface area contributed by atoms with E-state index < -0.39 is 30.4 Å². The first-order valence-electron chi connectivity index (χ1n) is 13.6. The summed E-state index contributed by atoms with van der Waals surface area (Å²) in [5.41, 5.74) is 2.99. The Hall–Kier alpha value is -4.99. The van der Waals surface area contributed by atoms with Gasteiger partial charge in [0.2, 0.25) is 5.75 Å². The van der Waals surface area contributed by atoms with Gasteiger partial charge in [0.15, 0.2) is 40.8 Å². The van der Waals surface area contributed by atoms with Crippen molar-refractivity contribution in [3.05, 3.63) is 65.7 Å². The molecule has 3 heterocycles. The first kappa shape index (κ1) is 30.5. The van der Waals surface area contributed by atoms with E-state index in [1.807, 2.05) is 24.3 Å². The summed E-state index contributed by atoms with van der Waals surface area (Å²) in [6, 6.07) is 10.8. The highest BCUT2D eigenvalue weighted by molar-refractivity contribution is 5.95. The molecule has 5 rings (SSSR count). The van der Waals surface area contributed by atoms with Crippen LogP contribution in [0.5, 0.6) is 17.2 Å². The number of nitrogens with one attached hydrogen (secondary N) is 3. The van der Waals surface area contributed by atoms with Crippen LogP contribution in [0.2, 0.25) is 0 Å². The number of hydrogen-bond acceptors (Lipinski definition) is 12. The Bertz CT molecular complexity index is 1620. The maximum Gasteiger partial charge on any atom is 0.251 e. The number of rotatable bonds is 11. The van der Waals surface area contributed by atoms with Crippen LogP contribution in [-0.2, 0) is 22.6 Å². The van der Waals surface area contributed by atoms with Gasteiger partial charge in [-0.05, 0) is 23.3 Å². The molecule has 2 aromatic carbocycles. The molecule has 2 aromatic heterocycles. The van der Waals surface area contributed by atoms with E-state index in [1.165, 1.54) is 45.6 Å². The second-order valence-corrected chi connectivity index (χ2v) is 9.86. The van der Waals surface area contributed by atoms with E-state index in [2.05, 4.69) is 30.9 Å². The van der Waals surface area contributed by atoms with E-state index in [1.54, 1.807) is 12.1 Å². The topological polar surface area (TPSA) is 191 Å². The summed E-state index contributed by atoms with van der Waals surface area (Å²) in [5.74, 6) is 0.790. The molecular weight excluding hydrogens is 574 g/mol. The van der Waals surface area contributed by atoms with Crippen LogP contribution in [-0.4, -0.2) is 88.2 Å². The molecule has 4 atom stereocenters. The zero-order valence-electron chi connectivity index (χ0n) is 24.5. The van der Waals surface area contributed by atoms with Crippen molar-refractivity contribution in [2.24, 2.45) is 0 Å². The molecule has 44 heavy (non-hydrogen) atoms. The van der Waals surface area contributed by atoms with Crippen molar-refractivity contribution in [2.75, 3.05) is 33.7 Å². The van der Waals surface area contributed by atoms with E-state index >= 15 is 0 Å². The number of amides is 2. The number of ether oxygens (including phenoxy) is 4. The largest absolute Gasteiger partial charge is 0.493 e. The Morgan fingerprint density at radius 1 is 0.932 bits per heavy atom. The predicted octanol–water partition coefficient (Wildman–Crippen LogP) is 0.759. The van der Waals surface area contributed by atoms with E-state index in [0.29, 0.717) is 52.9 Å². The Morgan fingerprint density at radius 3 is 2.20 bits per heavy atom. The van der Waals surface area contributed by atoms with E-state index in [-0.39, 0.29) is 5.91 Å². The van der Waals surface area contributed by atoms with Crippen molar-refractivity contribution in [3.63, 3.8) is 0 Å². The third-order valence-electron chi connectivity index (χ3n) is 7.24. The molecule has 1 fully saturated rings. The number of carbonyl (C=O) groups is 2. The Balaban J connectivity index is 1.21. The Labute approximate surface area is 252 Å². The molecule has 0 saturated carbocycles. The minimum absolute atomic E-state index is 0.295. The molecule has 15 nitrogen and oxygen atoms in total. The fourth-order valence-corrected chi connectivity index (χ4v) is 4.87. The van der Waals surface area contributed by atoms with Gasteiger partial charge in [0, 0.05) is 25.7 Å². The van der Waals surface area contributed by atoms with Crippen LogP contribution in [0.25, 0.3) is 11.2 Å². The maximum atomic E-state index is 12.8. The first-order valence-corrected chi connectivity index (χ1v) is 13.6. The van der Waals surface area contributed by atoms with Gasteiger partial charge in [-0.2, -0.15) is 0 Å². The van der Waals surface area contributed by atoms with Crippen LogP contribution in [0.1, 0.15) is 27.7 Å². The summed E-state index contributed by atoms with van der Waals surface area (Å²) in [7, 11) is 5.89. The van der Waals surface area contributed by atoms with Crippen molar-refractivity contribution in [3.8, 4) is 17.2 Å². The Kier molecular flexibility index (Phi) is 9.08. The van der Waals surface area contributed by atoms with E-state index in [9.17, 15) is 19.8 Å². The molecule has 1 saturated heterocycles. The summed E-state index contributed by atoms with van der Waals surface area (Å²) < 4.78 is 23.1. The number of nitrogens with zero attached hydrogens (tertiary/aromatic N) is 4. The first-order chi connectivity index (χ1) is 21.3. The van der Waals surface area contributed by atoms with Gasteiger partial charge in [-0.1, -0.05) is 24.3 Å². The van der Waals surface area contributed by atoms with Gasteiger partial charge >= 0.3 is 0 Å². The normalized spacial score (nSPS) is 19.4. The number of aliphatic hydroxyl groups is 2. The van der Waals surface area contributed by atoms with Crippen molar-refractivity contribution < 1.29 is 38.7 Å². The average Bonchev–Trinajstić information content (AvgIpc) is 3.62. The van der Waals surface area contributed by atoms with Gasteiger partial charge in [0.25, 0.3) is 11.8 Å². The van der Waals surface area contributed by atoms with Crippen molar-refractivity contribution in [2.45, 2.75) is 37.6 Å². The molecule has 4 aromatic rings. The highest BCUT2D eigenvalue weighted by Gasteiger charge is 2.47. The second-order valence-electron chi connectivity index (χ2n) is 9.86. The van der Waals surface area contributed by atoms with Crippen LogP contribution in [0.4, 0.5) is 5.82 Å². The lowest BCUT2D eigenvalue weighted by Crippen LogP contribution is -2.41. The molecule has 1 aliphatic heterocycles. The second kappa shape index (κ2) is 13.1. The lowest BCUT2D eigenvalue weighted by atomic mass is 10.1. The van der Waals surface area contributed by atoms with Crippen LogP contribution in [0, 0.1) is 0 Å². The van der Waals surface area contributed by atoms with E-state index in [4.69, 9.17) is 18.9 Å².